The van der Waals surface area contributed by atoms with Crippen molar-refractivity contribution in [1.29, 1.82) is 0 Å². The van der Waals surface area contributed by atoms with Crippen LogP contribution >= 0.6 is 0 Å². The van der Waals surface area contributed by atoms with Crippen molar-refractivity contribution in [2.24, 2.45) is 0 Å². The van der Waals surface area contributed by atoms with Gasteiger partial charge in [-0.25, -0.2) is 0 Å². The molecule has 0 saturated heterocycles. The summed E-state index contributed by atoms with van der Waals surface area (Å²) in [6.45, 7) is 11.9. The van der Waals surface area contributed by atoms with Gasteiger partial charge in [0.2, 0.25) is 0 Å². The smallest absolute Gasteiger partial charge is 0.151 e. The highest BCUT2D eigenvalue weighted by Gasteiger charge is 2.13. The predicted octanol–water partition coefficient (Wildman–Crippen LogP) is 24.9. The summed E-state index contributed by atoms with van der Waals surface area (Å²) in [6, 6.07) is 61.5. The van der Waals surface area contributed by atoms with Gasteiger partial charge in [-0.15, -0.1) is 0 Å². The Labute approximate surface area is 539 Å². The van der Waals surface area contributed by atoms with Crippen LogP contribution in [0.1, 0.15) is 182 Å². The van der Waals surface area contributed by atoms with Crippen LogP contribution in [0.15, 0.2) is 182 Å². The van der Waals surface area contributed by atoms with Crippen molar-refractivity contribution in [3.05, 3.63) is 182 Å². The molecule has 90 heavy (non-hydrogen) atoms. The molecule has 0 bridgehead atoms. The second kappa shape index (κ2) is 39.7. The summed E-state index contributed by atoms with van der Waals surface area (Å²) in [5.74, 6) is 6.33. The maximum Gasteiger partial charge on any atom is 0.151 e. The number of benzene rings is 8. The van der Waals surface area contributed by atoms with Crippen molar-refractivity contribution in [2.75, 3.05) is 47.7 Å². The van der Waals surface area contributed by atoms with Crippen LogP contribution < -0.4 is 49.7 Å². The van der Waals surface area contributed by atoms with Crippen molar-refractivity contribution >= 4 is 45.5 Å². The third-order valence-corrected chi connectivity index (χ3v) is 16.1. The van der Waals surface area contributed by atoms with E-state index >= 15 is 0 Å². The fraction of sp³-hybridized carbons (Fsp3) is 0.400. The molecule has 0 aliphatic carbocycles. The normalized spacial score (nSPS) is 11.0. The molecule has 0 atom stereocenters. The molecular formula is C80H102N4O6. The van der Waals surface area contributed by atoms with Crippen LogP contribution in [-0.2, 0) is 0 Å². The first kappa shape index (κ1) is 67.7. The zero-order valence-electron chi connectivity index (χ0n) is 54.6. The van der Waals surface area contributed by atoms with Crippen LogP contribution in [0.3, 0.4) is 0 Å². The molecule has 10 nitrogen and oxygen atoms in total. The summed E-state index contributed by atoms with van der Waals surface area (Å²) < 4.78 is 37.7. The first-order valence-electron chi connectivity index (χ1n) is 34.3. The Morgan fingerprint density at radius 3 is 0.733 bits per heavy atom. The third-order valence-electron chi connectivity index (χ3n) is 16.1. The molecule has 0 amide bonds. The number of rotatable bonds is 45. The van der Waals surface area contributed by atoms with Crippen molar-refractivity contribution in [3.63, 3.8) is 0 Å². The minimum absolute atomic E-state index is 0.692. The Balaban J connectivity index is 0.917. The van der Waals surface area contributed by atoms with Gasteiger partial charge in [-0.1, -0.05) is 180 Å². The van der Waals surface area contributed by atoms with Gasteiger partial charge in [0.05, 0.1) is 37.8 Å². The third kappa shape index (κ3) is 24.6. The fourth-order valence-corrected chi connectivity index (χ4v) is 10.7. The zero-order valence-corrected chi connectivity index (χ0v) is 54.6. The van der Waals surface area contributed by atoms with Gasteiger partial charge in [0.15, 0.2) is 11.5 Å². The molecule has 0 fully saturated rings. The largest absolute Gasteiger partial charge is 0.494 e. The first-order valence-corrected chi connectivity index (χ1v) is 34.3. The monoisotopic (exact) mass is 1210 g/mol. The molecule has 10 heteroatoms. The molecule has 0 radical (unpaired) electrons. The second-order valence-electron chi connectivity index (χ2n) is 23.7. The van der Waals surface area contributed by atoms with E-state index in [0.29, 0.717) is 11.5 Å². The lowest BCUT2D eigenvalue weighted by molar-refractivity contribution is 0.304. The van der Waals surface area contributed by atoms with E-state index in [4.69, 9.17) is 28.4 Å². The van der Waals surface area contributed by atoms with Gasteiger partial charge in [0.25, 0.3) is 0 Å². The van der Waals surface area contributed by atoms with E-state index in [2.05, 4.69) is 134 Å². The van der Waals surface area contributed by atoms with Crippen LogP contribution in [0, 0.1) is 0 Å². The van der Waals surface area contributed by atoms with E-state index in [1.165, 1.54) is 128 Å². The Morgan fingerprint density at radius 1 is 0.222 bits per heavy atom. The lowest BCUT2D eigenvalue weighted by atomic mass is 10.1. The Hall–Kier alpha value is -8.24. The number of nitrogens with one attached hydrogen (secondary N) is 4. The molecule has 0 aromatic heterocycles. The fourth-order valence-electron chi connectivity index (χ4n) is 10.7. The lowest BCUT2D eigenvalue weighted by Crippen LogP contribution is -1.99. The van der Waals surface area contributed by atoms with Gasteiger partial charge in [-0.05, 0) is 195 Å². The van der Waals surface area contributed by atoms with E-state index in [0.717, 1.165) is 143 Å². The molecule has 8 aromatic carbocycles. The Kier molecular flexibility index (Phi) is 29.9. The minimum atomic E-state index is 0.692. The van der Waals surface area contributed by atoms with Crippen LogP contribution in [0.4, 0.5) is 45.5 Å². The van der Waals surface area contributed by atoms with Crippen LogP contribution in [0.25, 0.3) is 11.1 Å². The van der Waals surface area contributed by atoms with Gasteiger partial charge in [-0.2, -0.15) is 0 Å². The van der Waals surface area contributed by atoms with Gasteiger partial charge >= 0.3 is 0 Å². The van der Waals surface area contributed by atoms with E-state index in [1.807, 2.05) is 97.1 Å². The van der Waals surface area contributed by atoms with Crippen molar-refractivity contribution in [2.45, 2.75) is 182 Å². The summed E-state index contributed by atoms with van der Waals surface area (Å²) >= 11 is 0. The summed E-state index contributed by atoms with van der Waals surface area (Å²) in [4.78, 5) is 0. The Morgan fingerprint density at radius 2 is 0.456 bits per heavy atom. The topological polar surface area (TPSA) is 104 Å². The van der Waals surface area contributed by atoms with E-state index in [1.54, 1.807) is 0 Å². The van der Waals surface area contributed by atoms with Crippen LogP contribution in [0.5, 0.6) is 46.0 Å². The maximum atomic E-state index is 6.67. The van der Waals surface area contributed by atoms with Gasteiger partial charge < -0.3 is 49.7 Å². The summed E-state index contributed by atoms with van der Waals surface area (Å²) in [5, 5.41) is 14.5. The van der Waals surface area contributed by atoms with Crippen LogP contribution in [-0.4, -0.2) is 26.4 Å². The van der Waals surface area contributed by atoms with E-state index in [-0.39, 0.29) is 0 Å². The summed E-state index contributed by atoms with van der Waals surface area (Å²) in [6.07, 6.45) is 29.7. The highest BCUT2D eigenvalue weighted by Crippen LogP contribution is 2.39. The number of unbranched alkanes of at least 4 members (excludes halogenated alkanes) is 20. The molecule has 0 saturated carbocycles. The number of hydrogen-bond acceptors (Lipinski definition) is 10. The zero-order chi connectivity index (χ0) is 62.5. The first-order chi connectivity index (χ1) is 44.4. The van der Waals surface area contributed by atoms with Crippen molar-refractivity contribution in [3.8, 4) is 57.1 Å². The number of ether oxygens (including phenoxy) is 6. The average molecular weight is 1220 g/mol. The molecule has 0 aliphatic rings. The SMILES string of the molecule is CCCCCCCCOc1ccc(Nc2ccc(Oc3ccc(-c4ccc(Oc5ccc(Nc6ccc(OCCCCCCCC)cc6)cc5Nc5ccc(OCCCCCCCC)cc5)cc4)cc3)c(Nc3ccc(OCCCCCCCC)cc3)c2)cc1. The highest BCUT2D eigenvalue weighted by atomic mass is 16.5. The molecule has 0 heterocycles. The minimum Gasteiger partial charge on any atom is -0.494 e. The maximum absolute atomic E-state index is 6.67. The number of hydrogen-bond donors (Lipinski definition) is 4. The molecule has 0 aliphatic heterocycles. The Bertz CT molecular complexity index is 2990. The molecule has 0 spiro atoms. The van der Waals surface area contributed by atoms with Gasteiger partial charge in [-0.3, -0.25) is 0 Å². The summed E-state index contributed by atoms with van der Waals surface area (Å²) in [5.41, 5.74) is 9.38. The quantitative estimate of drug-likeness (QED) is 0.0276. The van der Waals surface area contributed by atoms with Gasteiger partial charge in [0, 0.05) is 34.1 Å². The second-order valence-corrected chi connectivity index (χ2v) is 23.7. The molecule has 8 aromatic rings. The van der Waals surface area contributed by atoms with E-state index < -0.39 is 0 Å². The van der Waals surface area contributed by atoms with Crippen LogP contribution in [0.2, 0.25) is 0 Å². The standard InChI is InChI=1S/C80H102N4O6/c1-5-9-13-17-21-25-57-85-71-47-33-65(34-48-71)81-69-41-55-79(77(61-69)83-67-37-51-73(52-38-67)87-59-27-23-19-15-11-7-3)89-75-43-29-63(30-44-75)64-31-45-76(46-32-64)90-80-56-42-70(82-66-35-49-72(50-36-66)86-58-26-22-18-14-10-6-2)62-78(80)84-68-39-53-74(54-40-68)88-60-28-24-20-16-12-8-4/h29-56,61-62,81-84H,5-28,57-60H2,1-4H3. The van der Waals surface area contributed by atoms with Gasteiger partial charge in [0.1, 0.15) is 34.5 Å². The predicted molar refractivity (Wildman–Crippen MR) is 379 cm³/mol. The van der Waals surface area contributed by atoms with Crippen molar-refractivity contribution < 1.29 is 28.4 Å². The highest BCUT2D eigenvalue weighted by molar-refractivity contribution is 5.76. The number of anilines is 8. The molecule has 478 valence electrons. The molecule has 0 unspecified atom stereocenters. The molecule has 4 N–H and O–H groups in total. The van der Waals surface area contributed by atoms with E-state index in [9.17, 15) is 0 Å². The molecule has 8 rings (SSSR count). The average Bonchev–Trinajstić information content (AvgIpc) is 1.60. The molecular weight excluding hydrogens is 1110 g/mol. The lowest BCUT2D eigenvalue weighted by Gasteiger charge is -2.17. The summed E-state index contributed by atoms with van der Waals surface area (Å²) in [7, 11) is 0. The van der Waals surface area contributed by atoms with Crippen molar-refractivity contribution in [1.82, 2.24) is 0 Å².